The molecule has 0 spiro atoms. The standard InChI is InChI=1S/C14H24NO2.C14H14NO2.H2N.2H2O.3Zn/c2*16-14(17)13-3-1-2-12(10-13)5-4-11-6-8-15-9-7-11;;;;;;/h4-5,11-14,16-17H,1-3,6-10H2;1-8,10,14,16-17H,9H2;3*1H2;;;/q3*-1;;;;;+2. The third kappa shape index (κ3) is 17.5. The fraction of sp³-hybridized carbons (Fsp3) is 0.500. The van der Waals surface area contributed by atoms with Crippen molar-refractivity contribution in [2.75, 3.05) is 19.6 Å². The number of hydrogen-bond acceptors (Lipinski definition) is 4. The fourth-order valence-electron chi connectivity index (χ4n) is 4.55. The SMILES string of the molecule is O.O.OC(O)C1CCCC(C=CC2CC[N-]CC2)C1.OC(O)c1cccc(C=CC2=CC[N-]C=C2)c1.[NH2-].[Zn+2].[Zn].[Zn]. The number of rotatable bonds is 6. The third-order valence-corrected chi connectivity index (χ3v) is 6.63. The second kappa shape index (κ2) is 26.2. The van der Waals surface area contributed by atoms with Gasteiger partial charge in [-0.3, -0.25) is 0 Å². The van der Waals surface area contributed by atoms with Gasteiger partial charge in [-0.2, -0.15) is 6.20 Å². The molecule has 0 bridgehead atoms. The van der Waals surface area contributed by atoms with Crippen molar-refractivity contribution in [1.29, 1.82) is 0 Å². The van der Waals surface area contributed by atoms with Crippen molar-refractivity contribution in [3.8, 4) is 0 Å². The molecule has 1 aliphatic carbocycles. The summed E-state index contributed by atoms with van der Waals surface area (Å²) >= 11 is 0. The third-order valence-electron chi connectivity index (χ3n) is 6.63. The van der Waals surface area contributed by atoms with Gasteiger partial charge in [0.25, 0.3) is 0 Å². The maximum absolute atomic E-state index is 9.23. The summed E-state index contributed by atoms with van der Waals surface area (Å²) in [4.78, 5) is 0. The van der Waals surface area contributed by atoms with Crippen LogP contribution in [0.4, 0.5) is 0 Å². The molecular weight excluding hydrogens is 670 g/mol. The van der Waals surface area contributed by atoms with E-state index >= 15 is 0 Å². The molecule has 2 aliphatic heterocycles. The fourth-order valence-corrected chi connectivity index (χ4v) is 4.55. The zero-order chi connectivity index (χ0) is 24.2. The normalized spacial score (nSPS) is 20.2. The molecule has 10 N–H and O–H groups in total. The van der Waals surface area contributed by atoms with Gasteiger partial charge in [0, 0.05) is 50.4 Å². The van der Waals surface area contributed by atoms with Crippen molar-refractivity contribution in [3.63, 3.8) is 0 Å². The number of aliphatic hydroxyl groups is 4. The smallest absolute Gasteiger partial charge is 0.693 e. The average Bonchev–Trinajstić information content (AvgIpc) is 2.88. The van der Waals surface area contributed by atoms with E-state index in [9.17, 15) is 10.2 Å². The van der Waals surface area contributed by atoms with Gasteiger partial charge >= 0.3 is 19.5 Å². The molecule has 2 heterocycles. The van der Waals surface area contributed by atoms with Crippen LogP contribution in [0.2, 0.25) is 0 Å². The van der Waals surface area contributed by atoms with Crippen LogP contribution in [0.1, 0.15) is 55.9 Å². The summed E-state index contributed by atoms with van der Waals surface area (Å²) in [6, 6.07) is 7.15. The monoisotopic (exact) mass is 710 g/mol. The molecular formula is C28H44N3O6Zn3-. The van der Waals surface area contributed by atoms with Gasteiger partial charge in [-0.25, -0.2) is 0 Å². The first-order valence-corrected chi connectivity index (χ1v) is 12.4. The molecule has 2 fully saturated rings. The number of allylic oxidation sites excluding steroid dienone is 5. The largest absolute Gasteiger partial charge is 2.00 e. The molecule has 214 valence electrons. The Morgan fingerprint density at radius 3 is 2.15 bits per heavy atom. The van der Waals surface area contributed by atoms with Crippen molar-refractivity contribution in [3.05, 3.63) is 94.3 Å². The topological polar surface area (TPSA) is 206 Å². The van der Waals surface area contributed by atoms with Crippen LogP contribution in [-0.2, 0) is 58.4 Å². The maximum atomic E-state index is 9.23. The van der Waals surface area contributed by atoms with Crippen molar-refractivity contribution in [2.45, 2.75) is 51.1 Å². The van der Waals surface area contributed by atoms with E-state index in [1.807, 2.05) is 30.4 Å². The molecule has 12 heteroatoms. The van der Waals surface area contributed by atoms with Crippen molar-refractivity contribution < 1.29 is 89.8 Å². The molecule has 0 amide bonds. The molecule has 3 aliphatic rings. The molecule has 4 rings (SSSR count). The Hall–Kier alpha value is -0.470. The molecule has 1 saturated heterocycles. The van der Waals surface area contributed by atoms with Crippen LogP contribution in [-0.4, -0.2) is 57.3 Å². The summed E-state index contributed by atoms with van der Waals surface area (Å²) in [7, 11) is 0. The van der Waals surface area contributed by atoms with Gasteiger partial charge in [0.2, 0.25) is 0 Å². The van der Waals surface area contributed by atoms with E-state index in [4.69, 9.17) is 10.2 Å². The second-order valence-corrected chi connectivity index (χ2v) is 9.26. The summed E-state index contributed by atoms with van der Waals surface area (Å²) in [5.74, 6) is 1.33. The van der Waals surface area contributed by atoms with Crippen LogP contribution in [0.25, 0.3) is 22.9 Å². The Balaban J connectivity index is -0.000000282. The van der Waals surface area contributed by atoms with E-state index in [1.165, 1.54) is 19.3 Å². The van der Waals surface area contributed by atoms with E-state index < -0.39 is 12.6 Å². The average molecular weight is 715 g/mol. The van der Waals surface area contributed by atoms with Crippen LogP contribution in [0.5, 0.6) is 0 Å². The summed E-state index contributed by atoms with van der Waals surface area (Å²) in [5.41, 5.74) is 2.54. The molecule has 1 saturated carbocycles. The summed E-state index contributed by atoms with van der Waals surface area (Å²) < 4.78 is 0. The van der Waals surface area contributed by atoms with Crippen molar-refractivity contribution in [1.82, 2.24) is 0 Å². The minimum atomic E-state index is -1.42. The number of aliphatic hydroxyl groups excluding tert-OH is 2. The molecule has 2 atom stereocenters. The Bertz CT molecular complexity index is 879. The number of nitrogens with two attached hydrogens (primary N) is 1. The summed E-state index contributed by atoms with van der Waals surface area (Å²) in [5, 5.41) is 45.0. The summed E-state index contributed by atoms with van der Waals surface area (Å²) in [6.07, 6.45) is 18.4. The van der Waals surface area contributed by atoms with Crippen molar-refractivity contribution >= 4 is 6.08 Å². The molecule has 40 heavy (non-hydrogen) atoms. The van der Waals surface area contributed by atoms with E-state index in [-0.39, 0.29) is 81.5 Å². The van der Waals surface area contributed by atoms with Crippen LogP contribution in [0.3, 0.4) is 0 Å². The molecule has 1 aromatic carbocycles. The first-order valence-electron chi connectivity index (χ1n) is 12.4. The van der Waals surface area contributed by atoms with E-state index in [0.717, 1.165) is 43.5 Å². The first-order chi connectivity index (χ1) is 16.5. The van der Waals surface area contributed by atoms with Gasteiger partial charge in [0.05, 0.1) is 0 Å². The number of hydrogen-bond donors (Lipinski definition) is 4. The molecule has 2 unspecified atom stereocenters. The predicted molar refractivity (Wildman–Crippen MR) is 149 cm³/mol. The quantitative estimate of drug-likeness (QED) is 0.196. The Morgan fingerprint density at radius 2 is 1.55 bits per heavy atom. The molecule has 0 aromatic heterocycles. The first kappa shape index (κ1) is 46.5. The minimum absolute atomic E-state index is 0. The van der Waals surface area contributed by atoms with Gasteiger partial charge in [-0.15, -0.1) is 19.6 Å². The molecule has 0 radical (unpaired) electrons. The Labute approximate surface area is 277 Å². The molecule has 1 aromatic rings. The van der Waals surface area contributed by atoms with Crippen LogP contribution in [0, 0.1) is 17.8 Å². The molecule has 9 nitrogen and oxygen atoms in total. The van der Waals surface area contributed by atoms with Crippen LogP contribution >= 0.6 is 0 Å². The van der Waals surface area contributed by atoms with E-state index in [1.54, 1.807) is 24.4 Å². The Kier molecular flexibility index (Phi) is 30.4. The zero-order valence-electron chi connectivity index (χ0n) is 23.5. The number of benzene rings is 1. The number of piperidine rings is 1. The van der Waals surface area contributed by atoms with Gasteiger partial charge in [-0.1, -0.05) is 73.9 Å². The maximum Gasteiger partial charge on any atom is 2.00 e. The van der Waals surface area contributed by atoms with Gasteiger partial charge in [0.15, 0.2) is 12.6 Å². The van der Waals surface area contributed by atoms with Crippen LogP contribution < -0.4 is 0 Å². The minimum Gasteiger partial charge on any atom is -0.693 e. The van der Waals surface area contributed by atoms with Crippen molar-refractivity contribution in [2.24, 2.45) is 17.8 Å². The van der Waals surface area contributed by atoms with Gasteiger partial charge in [0.1, 0.15) is 0 Å². The Morgan fingerprint density at radius 1 is 0.875 bits per heavy atom. The van der Waals surface area contributed by atoms with Gasteiger partial charge in [-0.05, 0) is 48.3 Å². The second-order valence-electron chi connectivity index (χ2n) is 9.26. The number of nitrogens with zero attached hydrogens (tertiary/aromatic N) is 2. The van der Waals surface area contributed by atoms with Gasteiger partial charge < -0.3 is 48.2 Å². The van der Waals surface area contributed by atoms with E-state index in [2.05, 4.69) is 22.8 Å². The van der Waals surface area contributed by atoms with Crippen LogP contribution in [0.15, 0.2) is 66.4 Å². The predicted octanol–water partition coefficient (Wildman–Crippen LogP) is 4.01. The van der Waals surface area contributed by atoms with E-state index in [0.29, 0.717) is 23.9 Å². The summed E-state index contributed by atoms with van der Waals surface area (Å²) in [6.45, 7) is 2.74. The zero-order valence-corrected chi connectivity index (χ0v) is 32.4.